The lowest BCUT2D eigenvalue weighted by molar-refractivity contribution is 0.115. The topological polar surface area (TPSA) is 50.0 Å². The minimum atomic E-state index is 0.725. The van der Waals surface area contributed by atoms with E-state index in [0.717, 1.165) is 56.9 Å². The summed E-state index contributed by atoms with van der Waals surface area (Å²) in [6.07, 6.45) is 5.21. The first-order valence-electron chi connectivity index (χ1n) is 7.89. The molecule has 2 rings (SSSR count). The molecular formula is C16H27N3O2. The largest absolute Gasteiger partial charge is 0.469 e. The van der Waals surface area contributed by atoms with Crippen LogP contribution in [0.2, 0.25) is 0 Å². The van der Waals surface area contributed by atoms with Crippen LogP contribution in [-0.2, 0) is 11.2 Å². The molecule has 1 aliphatic carbocycles. The highest BCUT2D eigenvalue weighted by molar-refractivity contribution is 5.79. The standard InChI is InChI=1S/C16H27N3O2/c1-3-17-16(18-9-8-15-5-4-11-21-15)19(2)10-12-20-13-14-6-7-14/h4-5,11,14H,3,6-10,12-13H2,1-2H3,(H,17,18). The summed E-state index contributed by atoms with van der Waals surface area (Å²) in [4.78, 5) is 6.75. The average molecular weight is 293 g/mol. The van der Waals surface area contributed by atoms with Gasteiger partial charge in [0.1, 0.15) is 5.76 Å². The lowest BCUT2D eigenvalue weighted by Crippen LogP contribution is -2.40. The van der Waals surface area contributed by atoms with E-state index in [-0.39, 0.29) is 0 Å². The van der Waals surface area contributed by atoms with Gasteiger partial charge in [-0.25, -0.2) is 0 Å². The van der Waals surface area contributed by atoms with Gasteiger partial charge in [-0.2, -0.15) is 0 Å². The van der Waals surface area contributed by atoms with Crippen molar-refractivity contribution in [3.63, 3.8) is 0 Å². The SMILES string of the molecule is CCNC(=NCCc1ccco1)N(C)CCOCC1CC1. The van der Waals surface area contributed by atoms with Crippen molar-refractivity contribution in [3.05, 3.63) is 24.2 Å². The van der Waals surface area contributed by atoms with E-state index in [9.17, 15) is 0 Å². The number of furan rings is 1. The van der Waals surface area contributed by atoms with Gasteiger partial charge in [0, 0.05) is 39.7 Å². The van der Waals surface area contributed by atoms with E-state index in [1.54, 1.807) is 6.26 Å². The van der Waals surface area contributed by atoms with E-state index >= 15 is 0 Å². The van der Waals surface area contributed by atoms with Crippen molar-refractivity contribution in [2.24, 2.45) is 10.9 Å². The van der Waals surface area contributed by atoms with Crippen LogP contribution in [0.1, 0.15) is 25.5 Å². The zero-order chi connectivity index (χ0) is 14.9. The molecule has 0 spiro atoms. The molecule has 5 nitrogen and oxygen atoms in total. The maximum Gasteiger partial charge on any atom is 0.193 e. The first kappa shape index (κ1) is 15.9. The Bertz CT molecular complexity index is 413. The second-order valence-electron chi connectivity index (χ2n) is 5.50. The molecule has 0 bridgehead atoms. The summed E-state index contributed by atoms with van der Waals surface area (Å²) >= 11 is 0. The number of rotatable bonds is 9. The van der Waals surface area contributed by atoms with E-state index in [1.165, 1.54) is 12.8 Å². The highest BCUT2D eigenvalue weighted by atomic mass is 16.5. The molecule has 1 N–H and O–H groups in total. The van der Waals surface area contributed by atoms with Crippen LogP contribution in [0.3, 0.4) is 0 Å². The van der Waals surface area contributed by atoms with Crippen molar-refractivity contribution >= 4 is 5.96 Å². The quantitative estimate of drug-likeness (QED) is 0.430. The molecule has 0 aliphatic heterocycles. The molecule has 0 radical (unpaired) electrons. The number of ether oxygens (including phenoxy) is 1. The number of nitrogens with one attached hydrogen (secondary N) is 1. The van der Waals surface area contributed by atoms with Gasteiger partial charge in [0.15, 0.2) is 5.96 Å². The molecule has 0 aromatic carbocycles. The Morgan fingerprint density at radius 2 is 2.38 bits per heavy atom. The Hall–Kier alpha value is -1.49. The van der Waals surface area contributed by atoms with Crippen LogP contribution < -0.4 is 5.32 Å². The van der Waals surface area contributed by atoms with Crippen molar-refractivity contribution in [1.29, 1.82) is 0 Å². The molecule has 5 heteroatoms. The van der Waals surface area contributed by atoms with E-state index in [2.05, 4.69) is 29.2 Å². The van der Waals surface area contributed by atoms with E-state index in [4.69, 9.17) is 9.15 Å². The minimum Gasteiger partial charge on any atom is -0.469 e. The Labute approximate surface area is 127 Å². The molecule has 1 aromatic rings. The number of hydrogen-bond donors (Lipinski definition) is 1. The first-order valence-corrected chi connectivity index (χ1v) is 7.89. The third kappa shape index (κ3) is 6.21. The molecule has 118 valence electrons. The number of hydrogen-bond acceptors (Lipinski definition) is 3. The highest BCUT2D eigenvalue weighted by Crippen LogP contribution is 2.28. The number of aliphatic imine (C=N–C) groups is 1. The fourth-order valence-corrected chi connectivity index (χ4v) is 2.04. The summed E-state index contributed by atoms with van der Waals surface area (Å²) in [5.74, 6) is 2.73. The minimum absolute atomic E-state index is 0.725. The highest BCUT2D eigenvalue weighted by Gasteiger charge is 2.21. The van der Waals surface area contributed by atoms with Crippen molar-refractivity contribution in [3.8, 4) is 0 Å². The molecule has 21 heavy (non-hydrogen) atoms. The summed E-state index contributed by atoms with van der Waals surface area (Å²) in [5.41, 5.74) is 0. The number of likely N-dealkylation sites (N-methyl/N-ethyl adjacent to an activating group) is 1. The molecule has 0 atom stereocenters. The first-order chi connectivity index (χ1) is 10.3. The van der Waals surface area contributed by atoms with Crippen molar-refractivity contribution in [2.45, 2.75) is 26.2 Å². The number of nitrogens with zero attached hydrogens (tertiary/aromatic N) is 2. The van der Waals surface area contributed by atoms with Gasteiger partial charge in [-0.15, -0.1) is 0 Å². The van der Waals surface area contributed by atoms with Gasteiger partial charge in [-0.3, -0.25) is 4.99 Å². The van der Waals surface area contributed by atoms with Crippen LogP contribution in [0.4, 0.5) is 0 Å². The van der Waals surface area contributed by atoms with Crippen LogP contribution in [0, 0.1) is 5.92 Å². The summed E-state index contributed by atoms with van der Waals surface area (Å²) < 4.78 is 11.0. The second-order valence-corrected chi connectivity index (χ2v) is 5.50. The third-order valence-corrected chi connectivity index (χ3v) is 3.52. The van der Waals surface area contributed by atoms with Crippen molar-refractivity contribution in [1.82, 2.24) is 10.2 Å². The molecule has 1 aromatic heterocycles. The maximum atomic E-state index is 5.68. The van der Waals surface area contributed by atoms with Gasteiger partial charge < -0.3 is 19.4 Å². The second kappa shape index (κ2) is 8.72. The number of guanidine groups is 1. The van der Waals surface area contributed by atoms with Crippen LogP contribution in [0.5, 0.6) is 0 Å². The summed E-state index contributed by atoms with van der Waals surface area (Å²) in [6, 6.07) is 3.89. The molecular weight excluding hydrogens is 266 g/mol. The molecule has 0 amide bonds. The maximum absolute atomic E-state index is 5.68. The van der Waals surface area contributed by atoms with Crippen molar-refractivity contribution < 1.29 is 9.15 Å². The monoisotopic (exact) mass is 293 g/mol. The average Bonchev–Trinajstić information content (AvgIpc) is 3.17. The van der Waals surface area contributed by atoms with Gasteiger partial charge in [0.05, 0.1) is 12.9 Å². The zero-order valence-electron chi connectivity index (χ0n) is 13.2. The molecule has 1 fully saturated rings. The van der Waals surface area contributed by atoms with Crippen LogP contribution in [-0.4, -0.2) is 50.8 Å². The van der Waals surface area contributed by atoms with Gasteiger partial charge in [-0.1, -0.05) is 0 Å². The zero-order valence-corrected chi connectivity index (χ0v) is 13.2. The van der Waals surface area contributed by atoms with E-state index in [1.807, 2.05) is 12.1 Å². The van der Waals surface area contributed by atoms with E-state index < -0.39 is 0 Å². The third-order valence-electron chi connectivity index (χ3n) is 3.52. The Kier molecular flexibility index (Phi) is 6.60. The molecule has 0 saturated heterocycles. The lowest BCUT2D eigenvalue weighted by Gasteiger charge is -2.22. The molecule has 0 unspecified atom stereocenters. The van der Waals surface area contributed by atoms with Gasteiger partial charge in [-0.05, 0) is 37.8 Å². The fraction of sp³-hybridized carbons (Fsp3) is 0.688. The smallest absolute Gasteiger partial charge is 0.193 e. The Balaban J connectivity index is 1.69. The van der Waals surface area contributed by atoms with Crippen LogP contribution in [0.15, 0.2) is 27.8 Å². The molecule has 1 saturated carbocycles. The molecule has 1 aliphatic rings. The predicted molar refractivity (Wildman–Crippen MR) is 84.6 cm³/mol. The normalized spacial score (nSPS) is 15.2. The van der Waals surface area contributed by atoms with Crippen LogP contribution in [0.25, 0.3) is 0 Å². The summed E-state index contributed by atoms with van der Waals surface area (Å²) in [7, 11) is 2.05. The fourth-order valence-electron chi connectivity index (χ4n) is 2.04. The predicted octanol–water partition coefficient (Wildman–Crippen LogP) is 2.15. The van der Waals surface area contributed by atoms with Gasteiger partial charge in [0.25, 0.3) is 0 Å². The Morgan fingerprint density at radius 1 is 1.52 bits per heavy atom. The summed E-state index contributed by atoms with van der Waals surface area (Å²) in [6.45, 7) is 6.21. The van der Waals surface area contributed by atoms with E-state index in [0.29, 0.717) is 0 Å². The Morgan fingerprint density at radius 3 is 3.05 bits per heavy atom. The summed E-state index contributed by atoms with van der Waals surface area (Å²) in [5, 5.41) is 3.31. The van der Waals surface area contributed by atoms with Crippen LogP contribution >= 0.6 is 0 Å². The molecule has 1 heterocycles. The van der Waals surface area contributed by atoms with Gasteiger partial charge in [0.2, 0.25) is 0 Å². The van der Waals surface area contributed by atoms with Gasteiger partial charge >= 0.3 is 0 Å². The lowest BCUT2D eigenvalue weighted by atomic mass is 10.3. The van der Waals surface area contributed by atoms with Crippen molar-refractivity contribution in [2.75, 3.05) is 39.9 Å².